The van der Waals surface area contributed by atoms with E-state index in [4.69, 9.17) is 4.52 Å². The van der Waals surface area contributed by atoms with E-state index < -0.39 is 0 Å². The third-order valence-corrected chi connectivity index (χ3v) is 6.22. The zero-order valence-electron chi connectivity index (χ0n) is 19.5. The van der Waals surface area contributed by atoms with Gasteiger partial charge in [-0.25, -0.2) is 4.98 Å². The fourth-order valence-electron chi connectivity index (χ4n) is 4.25. The number of amides is 1. The van der Waals surface area contributed by atoms with Gasteiger partial charge in [-0.3, -0.25) is 14.6 Å². The largest absolute Gasteiger partial charge is 0.357 e. The van der Waals surface area contributed by atoms with E-state index in [9.17, 15) is 4.79 Å². The van der Waals surface area contributed by atoms with Gasteiger partial charge in [-0.05, 0) is 44.7 Å². The van der Waals surface area contributed by atoms with Gasteiger partial charge in [0.15, 0.2) is 0 Å². The molecule has 9 nitrogen and oxygen atoms in total. The molecule has 2 saturated heterocycles. The van der Waals surface area contributed by atoms with E-state index in [1.807, 2.05) is 26.1 Å². The Kier molecular flexibility index (Phi) is 7.36. The minimum atomic E-state index is 0.0875. The van der Waals surface area contributed by atoms with Crippen LogP contribution in [-0.4, -0.2) is 82.7 Å². The van der Waals surface area contributed by atoms with Gasteiger partial charge in [-0.2, -0.15) is 4.98 Å². The molecule has 1 amide bonds. The summed E-state index contributed by atoms with van der Waals surface area (Å²) in [5.74, 6) is 3.10. The maximum atomic E-state index is 11.9. The van der Waals surface area contributed by atoms with Gasteiger partial charge in [0.05, 0.1) is 13.1 Å². The predicted octanol–water partition coefficient (Wildman–Crippen LogP) is 2.01. The Morgan fingerprint density at radius 3 is 2.50 bits per heavy atom. The molecule has 0 aromatic carbocycles. The summed E-state index contributed by atoms with van der Waals surface area (Å²) in [7, 11) is 0. The molecule has 0 radical (unpaired) electrons. The predicted molar refractivity (Wildman–Crippen MR) is 123 cm³/mol. The molecule has 4 rings (SSSR count). The van der Waals surface area contributed by atoms with Crippen molar-refractivity contribution in [2.75, 3.05) is 50.7 Å². The van der Waals surface area contributed by atoms with Crippen LogP contribution in [-0.2, 0) is 11.3 Å². The zero-order chi connectivity index (χ0) is 22.5. The van der Waals surface area contributed by atoms with Gasteiger partial charge < -0.3 is 14.7 Å². The van der Waals surface area contributed by atoms with E-state index in [0.29, 0.717) is 24.8 Å². The molecule has 2 aliphatic rings. The number of piperidine rings is 1. The van der Waals surface area contributed by atoms with Crippen LogP contribution in [0.3, 0.4) is 0 Å². The third-order valence-electron chi connectivity index (χ3n) is 6.22. The fraction of sp³-hybridized carbons (Fsp3) is 0.652. The lowest BCUT2D eigenvalue weighted by atomic mass is 9.99. The van der Waals surface area contributed by atoms with Gasteiger partial charge >= 0.3 is 0 Å². The summed E-state index contributed by atoms with van der Waals surface area (Å²) >= 11 is 0. The number of hydrogen-bond acceptors (Lipinski definition) is 8. The minimum Gasteiger partial charge on any atom is -0.357 e. The molecule has 0 atom stereocenters. The highest BCUT2D eigenvalue weighted by molar-refractivity contribution is 5.78. The van der Waals surface area contributed by atoms with Crippen LogP contribution < -0.4 is 10.2 Å². The van der Waals surface area contributed by atoms with Crippen LogP contribution in [0.4, 0.5) is 5.82 Å². The molecule has 2 aromatic rings. The summed E-state index contributed by atoms with van der Waals surface area (Å²) in [5.41, 5.74) is 0.870. The second-order valence-electron chi connectivity index (χ2n) is 9.36. The number of piperazine rings is 1. The number of carbonyl (C=O) groups is 1. The molecule has 2 aliphatic heterocycles. The number of nitrogens with one attached hydrogen (secondary N) is 1. The van der Waals surface area contributed by atoms with Crippen molar-refractivity contribution in [2.24, 2.45) is 5.92 Å². The molecule has 0 spiro atoms. The average molecular weight is 442 g/mol. The summed E-state index contributed by atoms with van der Waals surface area (Å²) in [6, 6.07) is 4.25. The highest BCUT2D eigenvalue weighted by Crippen LogP contribution is 2.23. The summed E-state index contributed by atoms with van der Waals surface area (Å²) < 4.78 is 5.50. The first kappa shape index (κ1) is 22.7. The Balaban J connectivity index is 1.26. The second-order valence-corrected chi connectivity index (χ2v) is 9.36. The van der Waals surface area contributed by atoms with Crippen molar-refractivity contribution in [1.29, 1.82) is 0 Å². The molecule has 2 aromatic heterocycles. The van der Waals surface area contributed by atoms with Crippen LogP contribution in [0, 0.1) is 5.92 Å². The van der Waals surface area contributed by atoms with Gasteiger partial charge in [0.1, 0.15) is 5.82 Å². The van der Waals surface area contributed by atoms with Gasteiger partial charge in [0, 0.05) is 57.1 Å². The van der Waals surface area contributed by atoms with E-state index in [1.165, 1.54) is 12.8 Å². The summed E-state index contributed by atoms with van der Waals surface area (Å²) in [6.07, 6.45) is 4.27. The van der Waals surface area contributed by atoms with E-state index in [0.717, 1.165) is 56.6 Å². The number of anilines is 1. The van der Waals surface area contributed by atoms with Gasteiger partial charge in [0.25, 0.3) is 0 Å². The quantitative estimate of drug-likeness (QED) is 0.698. The summed E-state index contributed by atoms with van der Waals surface area (Å²) in [5, 5.41) is 7.10. The Labute approximate surface area is 190 Å². The Bertz CT molecular complexity index is 867. The lowest BCUT2D eigenvalue weighted by molar-refractivity contribution is -0.123. The lowest BCUT2D eigenvalue weighted by Crippen LogP contribution is -2.49. The highest BCUT2D eigenvalue weighted by Gasteiger charge is 2.22. The minimum absolute atomic E-state index is 0.0875. The maximum Gasteiger partial charge on any atom is 0.241 e. The van der Waals surface area contributed by atoms with Crippen molar-refractivity contribution in [1.82, 2.24) is 30.2 Å². The molecule has 0 bridgehead atoms. The van der Waals surface area contributed by atoms with Crippen LogP contribution >= 0.6 is 0 Å². The number of pyridine rings is 1. The summed E-state index contributed by atoms with van der Waals surface area (Å²) in [6.45, 7) is 12.9. The van der Waals surface area contributed by atoms with E-state index in [1.54, 1.807) is 0 Å². The number of carbonyl (C=O) groups excluding carboxylic acids is 1. The number of nitrogens with zero attached hydrogens (tertiary/aromatic N) is 6. The first-order chi connectivity index (χ1) is 15.5. The Hall–Kier alpha value is -2.52. The van der Waals surface area contributed by atoms with Crippen LogP contribution in [0.25, 0.3) is 11.4 Å². The molecule has 4 heterocycles. The highest BCUT2D eigenvalue weighted by atomic mass is 16.5. The maximum absolute atomic E-state index is 11.9. The van der Waals surface area contributed by atoms with Crippen molar-refractivity contribution in [3.05, 3.63) is 24.2 Å². The lowest BCUT2D eigenvalue weighted by Gasteiger charge is -2.33. The van der Waals surface area contributed by atoms with Gasteiger partial charge in [-0.1, -0.05) is 12.1 Å². The molecule has 0 aliphatic carbocycles. The molecule has 1 N–H and O–H groups in total. The van der Waals surface area contributed by atoms with Crippen LogP contribution in [0.15, 0.2) is 22.9 Å². The van der Waals surface area contributed by atoms with Crippen LogP contribution in [0.2, 0.25) is 0 Å². The topological polar surface area (TPSA) is 90.6 Å². The molecule has 0 saturated carbocycles. The SMILES string of the molecule is CC1CCN(c2ccc(-c3noc(CN4CCN(CC(=O)NC(C)C)CC4)n3)cn2)CC1. The van der Waals surface area contributed by atoms with E-state index in [-0.39, 0.29) is 11.9 Å². The third kappa shape index (κ3) is 6.04. The molecule has 2 fully saturated rings. The Morgan fingerprint density at radius 2 is 1.84 bits per heavy atom. The second kappa shape index (κ2) is 10.4. The monoisotopic (exact) mass is 441 g/mol. The number of rotatable bonds is 7. The standard InChI is InChI=1S/C23H35N7O2/c1-17(2)25-21(31)15-28-10-12-29(13-11-28)16-22-26-23(27-32-22)19-4-5-20(24-14-19)30-8-6-18(3)7-9-30/h4-5,14,17-18H,6-13,15-16H2,1-3H3,(H,25,31). The summed E-state index contributed by atoms with van der Waals surface area (Å²) in [4.78, 5) is 28.0. The fourth-order valence-corrected chi connectivity index (χ4v) is 4.25. The molecule has 0 unspecified atom stereocenters. The van der Waals surface area contributed by atoms with Crippen LogP contribution in [0.1, 0.15) is 39.5 Å². The van der Waals surface area contributed by atoms with Crippen molar-refractivity contribution in [3.63, 3.8) is 0 Å². The molecule has 32 heavy (non-hydrogen) atoms. The van der Waals surface area contributed by atoms with Crippen molar-refractivity contribution >= 4 is 11.7 Å². The van der Waals surface area contributed by atoms with Crippen LogP contribution in [0.5, 0.6) is 0 Å². The normalized spacial score (nSPS) is 18.9. The van der Waals surface area contributed by atoms with Crippen molar-refractivity contribution in [2.45, 2.75) is 46.2 Å². The number of hydrogen-bond donors (Lipinski definition) is 1. The van der Waals surface area contributed by atoms with E-state index in [2.05, 4.69) is 48.1 Å². The molecule has 174 valence electrons. The molecular weight excluding hydrogens is 406 g/mol. The smallest absolute Gasteiger partial charge is 0.241 e. The zero-order valence-corrected chi connectivity index (χ0v) is 19.5. The van der Waals surface area contributed by atoms with Gasteiger partial charge in [0.2, 0.25) is 17.6 Å². The Morgan fingerprint density at radius 1 is 1.12 bits per heavy atom. The van der Waals surface area contributed by atoms with E-state index >= 15 is 0 Å². The van der Waals surface area contributed by atoms with Gasteiger partial charge in [-0.15, -0.1) is 0 Å². The number of aromatic nitrogens is 3. The average Bonchev–Trinajstić information content (AvgIpc) is 3.24. The first-order valence-corrected chi connectivity index (χ1v) is 11.7. The van der Waals surface area contributed by atoms with Crippen molar-refractivity contribution < 1.29 is 9.32 Å². The molecule has 9 heteroatoms. The molecular formula is C23H35N7O2. The van der Waals surface area contributed by atoms with Crippen molar-refractivity contribution in [3.8, 4) is 11.4 Å². The first-order valence-electron chi connectivity index (χ1n) is 11.7.